The summed E-state index contributed by atoms with van der Waals surface area (Å²) in [6, 6.07) is 0.476. The van der Waals surface area contributed by atoms with Gasteiger partial charge in [0.1, 0.15) is 0 Å². The summed E-state index contributed by atoms with van der Waals surface area (Å²) < 4.78 is 0. The number of carbonyl (C=O) groups is 1. The summed E-state index contributed by atoms with van der Waals surface area (Å²) in [6.07, 6.45) is 8.00. The van der Waals surface area contributed by atoms with Crippen molar-refractivity contribution in [1.29, 1.82) is 0 Å². The number of hydrogen-bond donors (Lipinski definition) is 2. The Hall–Kier alpha value is -0.380. The van der Waals surface area contributed by atoms with Crippen LogP contribution in [0.25, 0.3) is 0 Å². The van der Waals surface area contributed by atoms with Gasteiger partial charge in [0.2, 0.25) is 0 Å². The number of amides is 2. The van der Waals surface area contributed by atoms with Crippen LogP contribution in [0.1, 0.15) is 32.1 Å². The molecular weight excluding hydrogens is 196 g/mol. The van der Waals surface area contributed by atoms with E-state index in [2.05, 4.69) is 16.9 Å². The number of unbranched alkanes of at least 4 members (excludes halogenated alkanes) is 2. The van der Waals surface area contributed by atoms with Crippen LogP contribution in [0.5, 0.6) is 0 Å². The maximum absolute atomic E-state index is 11.2. The molecule has 82 valence electrons. The molecule has 0 atom stereocenters. The molecule has 0 bridgehead atoms. The zero-order chi connectivity index (χ0) is 10.2. The van der Waals surface area contributed by atoms with Crippen LogP contribution in [0.15, 0.2) is 0 Å². The predicted octanol–water partition coefficient (Wildman–Crippen LogP) is 1.98. The lowest BCUT2D eigenvalue weighted by atomic mass is 10.2. The first-order chi connectivity index (χ1) is 6.83. The molecule has 1 aliphatic rings. The SMILES string of the molecule is CSCCCCCNC(=O)NC1CC1. The first-order valence-electron chi connectivity index (χ1n) is 5.36. The maximum Gasteiger partial charge on any atom is 0.315 e. The van der Waals surface area contributed by atoms with Gasteiger partial charge in [0.25, 0.3) is 0 Å². The van der Waals surface area contributed by atoms with Crippen molar-refractivity contribution in [3.63, 3.8) is 0 Å². The van der Waals surface area contributed by atoms with E-state index in [4.69, 9.17) is 0 Å². The van der Waals surface area contributed by atoms with Gasteiger partial charge in [-0.2, -0.15) is 11.8 Å². The summed E-state index contributed by atoms with van der Waals surface area (Å²) in [5.41, 5.74) is 0. The third-order valence-electron chi connectivity index (χ3n) is 2.22. The van der Waals surface area contributed by atoms with Crippen molar-refractivity contribution in [3.05, 3.63) is 0 Å². The highest BCUT2D eigenvalue weighted by Gasteiger charge is 2.22. The highest BCUT2D eigenvalue weighted by molar-refractivity contribution is 7.98. The quantitative estimate of drug-likeness (QED) is 0.639. The normalized spacial score (nSPS) is 15.2. The second-order valence-corrected chi connectivity index (χ2v) is 4.71. The Kier molecular flexibility index (Phi) is 5.83. The molecular formula is C10H20N2OS. The van der Waals surface area contributed by atoms with Gasteiger partial charge in [-0.05, 0) is 37.7 Å². The van der Waals surface area contributed by atoms with Gasteiger partial charge < -0.3 is 10.6 Å². The summed E-state index contributed by atoms with van der Waals surface area (Å²) in [7, 11) is 0. The van der Waals surface area contributed by atoms with Gasteiger partial charge in [-0.15, -0.1) is 0 Å². The van der Waals surface area contributed by atoms with E-state index in [0.29, 0.717) is 6.04 Å². The smallest absolute Gasteiger partial charge is 0.315 e. The van der Waals surface area contributed by atoms with Crippen LogP contribution in [-0.4, -0.2) is 30.6 Å². The summed E-state index contributed by atoms with van der Waals surface area (Å²) in [5, 5.41) is 5.78. The van der Waals surface area contributed by atoms with Gasteiger partial charge >= 0.3 is 6.03 Å². The Morgan fingerprint density at radius 3 is 2.79 bits per heavy atom. The summed E-state index contributed by atoms with van der Waals surface area (Å²) in [5.74, 6) is 1.23. The monoisotopic (exact) mass is 216 g/mol. The minimum absolute atomic E-state index is 0.0115. The van der Waals surface area contributed by atoms with Crippen molar-refractivity contribution in [3.8, 4) is 0 Å². The molecule has 2 N–H and O–H groups in total. The Morgan fingerprint density at radius 2 is 2.14 bits per heavy atom. The van der Waals surface area contributed by atoms with Crippen molar-refractivity contribution >= 4 is 17.8 Å². The number of rotatable bonds is 7. The van der Waals surface area contributed by atoms with Crippen LogP contribution in [-0.2, 0) is 0 Å². The Bertz CT molecular complexity index is 172. The fourth-order valence-corrected chi connectivity index (χ4v) is 1.71. The number of carbonyl (C=O) groups excluding carboxylic acids is 1. The van der Waals surface area contributed by atoms with E-state index in [0.717, 1.165) is 25.8 Å². The van der Waals surface area contributed by atoms with E-state index in [-0.39, 0.29) is 6.03 Å². The van der Waals surface area contributed by atoms with Crippen molar-refractivity contribution in [1.82, 2.24) is 10.6 Å². The summed E-state index contributed by atoms with van der Waals surface area (Å²) >= 11 is 1.88. The highest BCUT2D eigenvalue weighted by Crippen LogP contribution is 2.18. The summed E-state index contributed by atoms with van der Waals surface area (Å²) in [4.78, 5) is 11.2. The van der Waals surface area contributed by atoms with Crippen LogP contribution in [0, 0.1) is 0 Å². The van der Waals surface area contributed by atoms with Gasteiger partial charge in [0, 0.05) is 12.6 Å². The minimum atomic E-state index is 0.0115. The van der Waals surface area contributed by atoms with Crippen LogP contribution < -0.4 is 10.6 Å². The first-order valence-corrected chi connectivity index (χ1v) is 6.75. The molecule has 0 unspecified atom stereocenters. The average molecular weight is 216 g/mol. The van der Waals surface area contributed by atoms with Gasteiger partial charge in [-0.25, -0.2) is 4.79 Å². The molecule has 0 aliphatic heterocycles. The van der Waals surface area contributed by atoms with E-state index in [1.54, 1.807) is 0 Å². The predicted molar refractivity (Wildman–Crippen MR) is 61.8 cm³/mol. The van der Waals surface area contributed by atoms with Gasteiger partial charge in [-0.3, -0.25) is 0 Å². The van der Waals surface area contributed by atoms with E-state index in [1.165, 1.54) is 18.6 Å². The lowest BCUT2D eigenvalue weighted by Gasteiger charge is -2.05. The third kappa shape index (κ3) is 6.13. The second-order valence-electron chi connectivity index (χ2n) is 3.73. The Morgan fingerprint density at radius 1 is 1.36 bits per heavy atom. The number of nitrogens with one attached hydrogen (secondary N) is 2. The van der Waals surface area contributed by atoms with Gasteiger partial charge in [-0.1, -0.05) is 6.42 Å². The Balaban J connectivity index is 1.80. The fourth-order valence-electron chi connectivity index (χ4n) is 1.21. The number of hydrogen-bond acceptors (Lipinski definition) is 2. The van der Waals surface area contributed by atoms with Crippen molar-refractivity contribution in [2.75, 3.05) is 18.6 Å². The molecule has 1 rings (SSSR count). The second kappa shape index (κ2) is 6.98. The molecule has 0 saturated heterocycles. The largest absolute Gasteiger partial charge is 0.338 e. The van der Waals surface area contributed by atoms with Crippen LogP contribution in [0.2, 0.25) is 0 Å². The van der Waals surface area contributed by atoms with Crippen molar-refractivity contribution in [2.45, 2.75) is 38.1 Å². The molecule has 0 spiro atoms. The van der Waals surface area contributed by atoms with E-state index < -0.39 is 0 Å². The van der Waals surface area contributed by atoms with Crippen LogP contribution in [0.4, 0.5) is 4.79 Å². The van der Waals surface area contributed by atoms with Crippen LogP contribution in [0.3, 0.4) is 0 Å². The summed E-state index contributed by atoms with van der Waals surface area (Å²) in [6.45, 7) is 0.812. The molecule has 1 aliphatic carbocycles. The zero-order valence-corrected chi connectivity index (χ0v) is 9.66. The number of thioether (sulfide) groups is 1. The average Bonchev–Trinajstić information content (AvgIpc) is 2.95. The number of urea groups is 1. The lowest BCUT2D eigenvalue weighted by Crippen LogP contribution is -2.37. The minimum Gasteiger partial charge on any atom is -0.338 e. The zero-order valence-electron chi connectivity index (χ0n) is 8.84. The Labute approximate surface area is 90.4 Å². The molecule has 0 radical (unpaired) electrons. The standard InChI is InChI=1S/C10H20N2OS/c1-14-8-4-2-3-7-11-10(13)12-9-5-6-9/h9H,2-8H2,1H3,(H2,11,12,13). The molecule has 4 heteroatoms. The molecule has 1 fully saturated rings. The lowest BCUT2D eigenvalue weighted by molar-refractivity contribution is 0.240. The van der Waals surface area contributed by atoms with Crippen molar-refractivity contribution in [2.24, 2.45) is 0 Å². The molecule has 3 nitrogen and oxygen atoms in total. The molecule has 14 heavy (non-hydrogen) atoms. The van der Waals surface area contributed by atoms with Gasteiger partial charge in [0.05, 0.1) is 0 Å². The van der Waals surface area contributed by atoms with E-state index in [9.17, 15) is 4.79 Å². The van der Waals surface area contributed by atoms with Crippen LogP contribution >= 0.6 is 11.8 Å². The first kappa shape index (κ1) is 11.7. The molecule has 0 aromatic rings. The fraction of sp³-hybridized carbons (Fsp3) is 0.900. The van der Waals surface area contributed by atoms with Crippen molar-refractivity contribution < 1.29 is 4.79 Å². The van der Waals surface area contributed by atoms with E-state index >= 15 is 0 Å². The molecule has 0 aromatic heterocycles. The molecule has 1 saturated carbocycles. The maximum atomic E-state index is 11.2. The topological polar surface area (TPSA) is 41.1 Å². The molecule has 0 heterocycles. The molecule has 2 amide bonds. The third-order valence-corrected chi connectivity index (χ3v) is 2.92. The van der Waals surface area contributed by atoms with Gasteiger partial charge in [0.15, 0.2) is 0 Å². The highest BCUT2D eigenvalue weighted by atomic mass is 32.2. The van der Waals surface area contributed by atoms with E-state index in [1.807, 2.05) is 11.8 Å². The molecule has 0 aromatic carbocycles.